The molecule has 0 spiro atoms. The van der Waals surface area contributed by atoms with Crippen LogP contribution in [-0.4, -0.2) is 61.0 Å². The Labute approximate surface area is 179 Å². The molecule has 2 aliphatic rings. The Morgan fingerprint density at radius 1 is 0.871 bits per heavy atom. The van der Waals surface area contributed by atoms with Crippen molar-refractivity contribution >= 4 is 11.8 Å². The molecule has 2 aromatic carbocycles. The van der Waals surface area contributed by atoms with Crippen molar-refractivity contribution < 1.29 is 27.8 Å². The summed E-state index contributed by atoms with van der Waals surface area (Å²) in [6.45, 7) is 5.62. The van der Waals surface area contributed by atoms with Crippen molar-refractivity contribution in [1.82, 2.24) is 9.80 Å². The van der Waals surface area contributed by atoms with Gasteiger partial charge in [-0.3, -0.25) is 9.59 Å². The van der Waals surface area contributed by atoms with Gasteiger partial charge in [0.05, 0.1) is 5.41 Å². The number of piperazine rings is 1. The van der Waals surface area contributed by atoms with Crippen molar-refractivity contribution in [3.63, 3.8) is 0 Å². The van der Waals surface area contributed by atoms with Crippen LogP contribution in [0, 0.1) is 11.6 Å². The van der Waals surface area contributed by atoms with E-state index in [0.29, 0.717) is 24.7 Å². The number of carbonyl (C=O) groups excluding carboxylic acids is 2. The molecule has 2 heterocycles. The van der Waals surface area contributed by atoms with Crippen molar-refractivity contribution in [2.45, 2.75) is 19.3 Å². The van der Waals surface area contributed by atoms with Gasteiger partial charge in [-0.25, -0.2) is 8.78 Å². The predicted octanol–water partition coefficient (Wildman–Crippen LogP) is 3.00. The molecule has 0 aliphatic carbocycles. The molecule has 8 heteroatoms. The molecule has 2 amide bonds. The van der Waals surface area contributed by atoms with Gasteiger partial charge < -0.3 is 19.3 Å². The lowest BCUT2D eigenvalue weighted by molar-refractivity contribution is -0.137. The number of hydrogen-bond acceptors (Lipinski definition) is 4. The average Bonchev–Trinajstić information content (AvgIpc) is 2.78. The largest absolute Gasteiger partial charge is 0.486 e. The van der Waals surface area contributed by atoms with E-state index in [1.807, 2.05) is 26.0 Å². The maximum absolute atomic E-state index is 14.0. The summed E-state index contributed by atoms with van der Waals surface area (Å²) in [7, 11) is 0. The van der Waals surface area contributed by atoms with E-state index in [1.54, 1.807) is 11.0 Å². The maximum Gasteiger partial charge on any atom is 0.259 e. The minimum absolute atomic E-state index is 0.0895. The zero-order valence-corrected chi connectivity index (χ0v) is 17.5. The number of carbonyl (C=O) groups is 2. The third kappa shape index (κ3) is 3.94. The van der Waals surface area contributed by atoms with Crippen LogP contribution in [0.1, 0.15) is 29.8 Å². The van der Waals surface area contributed by atoms with Crippen LogP contribution in [0.15, 0.2) is 36.4 Å². The van der Waals surface area contributed by atoms with E-state index in [1.165, 1.54) is 11.0 Å². The van der Waals surface area contributed by atoms with Crippen LogP contribution in [0.4, 0.5) is 8.78 Å². The molecule has 0 saturated carbocycles. The number of ether oxygens (including phenoxy) is 2. The minimum atomic E-state index is -0.886. The van der Waals surface area contributed by atoms with Crippen LogP contribution in [0.3, 0.4) is 0 Å². The summed E-state index contributed by atoms with van der Waals surface area (Å²) in [4.78, 5) is 28.9. The van der Waals surface area contributed by atoms with Crippen LogP contribution in [0.5, 0.6) is 11.5 Å². The molecule has 164 valence electrons. The van der Waals surface area contributed by atoms with Gasteiger partial charge in [0.1, 0.15) is 30.4 Å². The smallest absolute Gasteiger partial charge is 0.259 e. The fraction of sp³-hybridized carbons (Fsp3) is 0.391. The summed E-state index contributed by atoms with van der Waals surface area (Å²) in [5, 5.41) is 0. The van der Waals surface area contributed by atoms with Crippen LogP contribution in [-0.2, 0) is 10.2 Å². The second kappa shape index (κ2) is 8.17. The quantitative estimate of drug-likeness (QED) is 0.751. The van der Waals surface area contributed by atoms with Crippen LogP contribution in [0.2, 0.25) is 0 Å². The van der Waals surface area contributed by atoms with Gasteiger partial charge in [0, 0.05) is 26.2 Å². The first-order valence-corrected chi connectivity index (χ1v) is 10.2. The lowest BCUT2D eigenvalue weighted by Crippen LogP contribution is -2.54. The normalized spacial score (nSPS) is 16.3. The number of amides is 2. The first-order chi connectivity index (χ1) is 14.8. The average molecular weight is 430 g/mol. The molecular weight excluding hydrogens is 406 g/mol. The Bertz CT molecular complexity index is 996. The molecule has 2 aliphatic heterocycles. The molecule has 0 bridgehead atoms. The van der Waals surface area contributed by atoms with E-state index >= 15 is 0 Å². The lowest BCUT2D eigenvalue weighted by atomic mass is 9.82. The highest BCUT2D eigenvalue weighted by atomic mass is 19.1. The summed E-state index contributed by atoms with van der Waals surface area (Å²) in [6.07, 6.45) is 0. The summed E-state index contributed by atoms with van der Waals surface area (Å²) in [5.74, 6) is -1.29. The maximum atomic E-state index is 14.0. The third-order valence-corrected chi connectivity index (χ3v) is 5.83. The molecular formula is C23H24F2N2O4. The third-order valence-electron chi connectivity index (χ3n) is 5.83. The highest BCUT2D eigenvalue weighted by Gasteiger charge is 2.37. The molecule has 0 radical (unpaired) electrons. The molecule has 2 aromatic rings. The zero-order chi connectivity index (χ0) is 22.2. The number of nitrogens with zero attached hydrogens (tertiary/aromatic N) is 2. The molecule has 31 heavy (non-hydrogen) atoms. The fourth-order valence-corrected chi connectivity index (χ4v) is 3.92. The topological polar surface area (TPSA) is 59.1 Å². The van der Waals surface area contributed by atoms with Gasteiger partial charge in [-0.1, -0.05) is 12.1 Å². The van der Waals surface area contributed by atoms with E-state index in [9.17, 15) is 18.4 Å². The highest BCUT2D eigenvalue weighted by molar-refractivity contribution is 5.95. The number of rotatable bonds is 3. The SMILES string of the molecule is CC(C)(C(=O)N1CCN(C(=O)c2c(F)cccc2F)CC1)c1ccc2c(c1)OCCO2. The van der Waals surface area contributed by atoms with E-state index in [-0.39, 0.29) is 32.1 Å². The van der Waals surface area contributed by atoms with E-state index < -0.39 is 28.5 Å². The molecule has 1 saturated heterocycles. The van der Waals surface area contributed by atoms with Crippen LogP contribution >= 0.6 is 0 Å². The molecule has 1 fully saturated rings. The second-order valence-corrected chi connectivity index (χ2v) is 8.16. The lowest BCUT2D eigenvalue weighted by Gasteiger charge is -2.39. The second-order valence-electron chi connectivity index (χ2n) is 8.16. The molecule has 0 atom stereocenters. The van der Waals surface area contributed by atoms with Gasteiger partial charge in [0.25, 0.3) is 5.91 Å². The van der Waals surface area contributed by atoms with E-state index in [0.717, 1.165) is 17.7 Å². The van der Waals surface area contributed by atoms with Crippen molar-refractivity contribution in [2.24, 2.45) is 0 Å². The number of hydrogen-bond donors (Lipinski definition) is 0. The van der Waals surface area contributed by atoms with E-state index in [4.69, 9.17) is 9.47 Å². The minimum Gasteiger partial charge on any atom is -0.486 e. The first-order valence-electron chi connectivity index (χ1n) is 10.2. The Morgan fingerprint density at radius 3 is 2.10 bits per heavy atom. The molecule has 4 rings (SSSR count). The monoisotopic (exact) mass is 430 g/mol. The highest BCUT2D eigenvalue weighted by Crippen LogP contribution is 2.36. The molecule has 6 nitrogen and oxygen atoms in total. The van der Waals surface area contributed by atoms with Crippen molar-refractivity contribution in [2.75, 3.05) is 39.4 Å². The predicted molar refractivity (Wildman–Crippen MR) is 109 cm³/mol. The van der Waals surface area contributed by atoms with Gasteiger partial charge in [-0.15, -0.1) is 0 Å². The van der Waals surface area contributed by atoms with Crippen molar-refractivity contribution in [3.8, 4) is 11.5 Å². The van der Waals surface area contributed by atoms with Crippen molar-refractivity contribution in [3.05, 3.63) is 59.2 Å². The zero-order valence-electron chi connectivity index (χ0n) is 17.5. The Morgan fingerprint density at radius 2 is 1.45 bits per heavy atom. The van der Waals surface area contributed by atoms with Gasteiger partial charge in [-0.2, -0.15) is 0 Å². The number of halogens is 2. The number of fused-ring (bicyclic) bond motifs is 1. The Hall–Kier alpha value is -3.16. The van der Waals surface area contributed by atoms with Gasteiger partial charge in [0.15, 0.2) is 11.5 Å². The summed E-state index contributed by atoms with van der Waals surface area (Å²) >= 11 is 0. The standard InChI is InChI=1S/C23H24F2N2O4/c1-23(2,15-6-7-18-19(14-15)31-13-12-30-18)22(29)27-10-8-26(9-11-27)21(28)20-16(24)4-3-5-17(20)25/h3-7,14H,8-13H2,1-2H3. The van der Waals surface area contributed by atoms with Gasteiger partial charge >= 0.3 is 0 Å². The van der Waals surface area contributed by atoms with Crippen LogP contribution in [0.25, 0.3) is 0 Å². The first kappa shape index (κ1) is 21.1. The Balaban J connectivity index is 1.44. The number of benzene rings is 2. The van der Waals surface area contributed by atoms with E-state index in [2.05, 4.69) is 0 Å². The molecule has 0 N–H and O–H groups in total. The fourth-order valence-electron chi connectivity index (χ4n) is 3.92. The van der Waals surface area contributed by atoms with Gasteiger partial charge in [-0.05, 0) is 43.7 Å². The summed E-state index contributed by atoms with van der Waals surface area (Å²) in [5.41, 5.74) is -0.577. The van der Waals surface area contributed by atoms with Crippen molar-refractivity contribution in [1.29, 1.82) is 0 Å². The van der Waals surface area contributed by atoms with Crippen LogP contribution < -0.4 is 9.47 Å². The molecule has 0 aromatic heterocycles. The summed E-state index contributed by atoms with van der Waals surface area (Å²) < 4.78 is 39.1. The van der Waals surface area contributed by atoms with Gasteiger partial charge in [0.2, 0.25) is 5.91 Å². The Kier molecular flexibility index (Phi) is 5.56. The summed E-state index contributed by atoms with van der Waals surface area (Å²) in [6, 6.07) is 8.83. The molecule has 0 unspecified atom stereocenters.